The molecule has 3 nitrogen and oxygen atoms in total. The van der Waals surface area contributed by atoms with E-state index in [0.29, 0.717) is 0 Å². The molecule has 15 heavy (non-hydrogen) atoms. The molecular formula is C12H21N3. The van der Waals surface area contributed by atoms with Crippen LogP contribution in [0.15, 0.2) is 12.3 Å². The van der Waals surface area contributed by atoms with E-state index in [2.05, 4.69) is 23.4 Å². The zero-order chi connectivity index (χ0) is 10.7. The van der Waals surface area contributed by atoms with Crippen molar-refractivity contribution in [1.29, 1.82) is 0 Å². The van der Waals surface area contributed by atoms with E-state index in [0.717, 1.165) is 24.9 Å². The fraction of sp³-hybridized carbons (Fsp3) is 0.750. The van der Waals surface area contributed by atoms with Crippen LogP contribution >= 0.6 is 0 Å². The number of hydrogen-bond donors (Lipinski definition) is 1. The number of aryl methyl sites for hydroxylation is 1. The van der Waals surface area contributed by atoms with E-state index in [1.54, 1.807) is 0 Å². The lowest BCUT2D eigenvalue weighted by atomic mass is 9.98. The second-order valence-electron chi connectivity index (χ2n) is 4.75. The Kier molecular flexibility index (Phi) is 3.41. The van der Waals surface area contributed by atoms with Gasteiger partial charge in [0.05, 0.1) is 5.69 Å². The van der Waals surface area contributed by atoms with E-state index in [-0.39, 0.29) is 0 Å². The van der Waals surface area contributed by atoms with Gasteiger partial charge in [-0.3, -0.25) is 4.68 Å². The maximum absolute atomic E-state index is 4.16. The van der Waals surface area contributed by atoms with E-state index in [9.17, 15) is 0 Å². The molecule has 0 amide bonds. The first-order valence-corrected chi connectivity index (χ1v) is 5.95. The highest BCUT2D eigenvalue weighted by atomic mass is 15.3. The van der Waals surface area contributed by atoms with Crippen molar-refractivity contribution in [3.05, 3.63) is 18.0 Å². The van der Waals surface area contributed by atoms with Gasteiger partial charge in [0, 0.05) is 19.8 Å². The molecule has 0 aliphatic heterocycles. The summed E-state index contributed by atoms with van der Waals surface area (Å²) >= 11 is 0. The van der Waals surface area contributed by atoms with Crippen molar-refractivity contribution in [2.45, 2.75) is 32.7 Å². The number of rotatable bonds is 4. The monoisotopic (exact) mass is 207 g/mol. The SMILES string of the molecule is CC1CCCC1CNCc1ccnn1C. The summed E-state index contributed by atoms with van der Waals surface area (Å²) in [5.41, 5.74) is 1.26. The van der Waals surface area contributed by atoms with Crippen LogP contribution in [0.2, 0.25) is 0 Å². The predicted octanol–water partition coefficient (Wildman–Crippen LogP) is 1.95. The van der Waals surface area contributed by atoms with E-state index < -0.39 is 0 Å². The standard InChI is InChI=1S/C12H21N3/c1-10-4-3-5-11(10)8-13-9-12-6-7-14-15(12)2/h6-7,10-11,13H,3-5,8-9H2,1-2H3. The molecule has 2 unspecified atom stereocenters. The molecule has 1 aliphatic carbocycles. The molecule has 84 valence electrons. The lowest BCUT2D eigenvalue weighted by Gasteiger charge is -2.15. The first-order valence-electron chi connectivity index (χ1n) is 5.95. The Bertz CT molecular complexity index is 306. The van der Waals surface area contributed by atoms with E-state index in [4.69, 9.17) is 0 Å². The van der Waals surface area contributed by atoms with Crippen LogP contribution in [0.3, 0.4) is 0 Å². The maximum Gasteiger partial charge on any atom is 0.0518 e. The van der Waals surface area contributed by atoms with Gasteiger partial charge in [0.1, 0.15) is 0 Å². The van der Waals surface area contributed by atoms with Crippen LogP contribution in [0, 0.1) is 11.8 Å². The Morgan fingerprint density at radius 2 is 2.40 bits per heavy atom. The molecule has 1 N–H and O–H groups in total. The first kappa shape index (κ1) is 10.7. The minimum Gasteiger partial charge on any atom is -0.311 e. The molecule has 2 rings (SSSR count). The molecule has 0 bridgehead atoms. The highest BCUT2D eigenvalue weighted by molar-refractivity contribution is 4.99. The van der Waals surface area contributed by atoms with Gasteiger partial charge in [0.25, 0.3) is 0 Å². The second-order valence-corrected chi connectivity index (χ2v) is 4.75. The minimum absolute atomic E-state index is 0.887. The molecule has 3 heteroatoms. The van der Waals surface area contributed by atoms with Crippen molar-refractivity contribution < 1.29 is 0 Å². The molecule has 1 fully saturated rings. The minimum atomic E-state index is 0.887. The van der Waals surface area contributed by atoms with Gasteiger partial charge in [0.15, 0.2) is 0 Å². The molecule has 1 heterocycles. The van der Waals surface area contributed by atoms with Crippen LogP contribution in [-0.4, -0.2) is 16.3 Å². The van der Waals surface area contributed by atoms with Crippen LogP contribution in [0.4, 0.5) is 0 Å². The van der Waals surface area contributed by atoms with Gasteiger partial charge < -0.3 is 5.32 Å². The van der Waals surface area contributed by atoms with Crippen molar-refractivity contribution in [2.24, 2.45) is 18.9 Å². The average molecular weight is 207 g/mol. The smallest absolute Gasteiger partial charge is 0.0518 e. The molecule has 1 aromatic heterocycles. The van der Waals surface area contributed by atoms with Crippen LogP contribution in [-0.2, 0) is 13.6 Å². The van der Waals surface area contributed by atoms with Crippen LogP contribution in [0.5, 0.6) is 0 Å². The molecule has 1 aliphatic rings. The molecule has 0 aromatic carbocycles. The van der Waals surface area contributed by atoms with Crippen molar-refractivity contribution >= 4 is 0 Å². The third-order valence-corrected chi connectivity index (χ3v) is 3.67. The largest absolute Gasteiger partial charge is 0.311 e. The summed E-state index contributed by atoms with van der Waals surface area (Å²) in [5.74, 6) is 1.79. The van der Waals surface area contributed by atoms with E-state index >= 15 is 0 Å². The Morgan fingerprint density at radius 3 is 3.00 bits per heavy atom. The second kappa shape index (κ2) is 4.79. The Hall–Kier alpha value is -0.830. The summed E-state index contributed by atoms with van der Waals surface area (Å²) in [4.78, 5) is 0. The summed E-state index contributed by atoms with van der Waals surface area (Å²) in [6.07, 6.45) is 6.09. The quantitative estimate of drug-likeness (QED) is 0.817. The van der Waals surface area contributed by atoms with Crippen molar-refractivity contribution in [1.82, 2.24) is 15.1 Å². The zero-order valence-corrected chi connectivity index (χ0v) is 9.74. The van der Waals surface area contributed by atoms with Gasteiger partial charge in [-0.05, 0) is 30.9 Å². The summed E-state index contributed by atoms with van der Waals surface area (Å²) < 4.78 is 1.94. The summed E-state index contributed by atoms with van der Waals surface area (Å²) in [6.45, 7) is 4.48. The van der Waals surface area contributed by atoms with Crippen LogP contribution < -0.4 is 5.32 Å². The molecule has 0 saturated heterocycles. The Morgan fingerprint density at radius 1 is 1.53 bits per heavy atom. The lowest BCUT2D eigenvalue weighted by molar-refractivity contribution is 0.389. The number of hydrogen-bond acceptors (Lipinski definition) is 2. The van der Waals surface area contributed by atoms with Crippen molar-refractivity contribution in [3.8, 4) is 0 Å². The first-order chi connectivity index (χ1) is 7.27. The topological polar surface area (TPSA) is 29.9 Å². The lowest BCUT2D eigenvalue weighted by Crippen LogP contribution is -2.24. The van der Waals surface area contributed by atoms with Gasteiger partial charge >= 0.3 is 0 Å². The number of nitrogens with zero attached hydrogens (tertiary/aromatic N) is 2. The molecule has 2 atom stereocenters. The molecular weight excluding hydrogens is 186 g/mol. The summed E-state index contributed by atoms with van der Waals surface area (Å²) in [7, 11) is 2.00. The van der Waals surface area contributed by atoms with Crippen molar-refractivity contribution in [3.63, 3.8) is 0 Å². The van der Waals surface area contributed by atoms with Gasteiger partial charge in [-0.15, -0.1) is 0 Å². The Labute approximate surface area is 91.9 Å². The van der Waals surface area contributed by atoms with Crippen LogP contribution in [0.1, 0.15) is 31.9 Å². The number of aromatic nitrogens is 2. The fourth-order valence-corrected chi connectivity index (χ4v) is 2.49. The Balaban J connectivity index is 1.73. The van der Waals surface area contributed by atoms with E-state index in [1.807, 2.05) is 17.9 Å². The van der Waals surface area contributed by atoms with E-state index in [1.165, 1.54) is 25.0 Å². The highest BCUT2D eigenvalue weighted by Crippen LogP contribution is 2.30. The summed E-state index contributed by atoms with van der Waals surface area (Å²) in [5, 5.41) is 7.70. The third kappa shape index (κ3) is 2.59. The molecule has 1 saturated carbocycles. The third-order valence-electron chi connectivity index (χ3n) is 3.67. The van der Waals surface area contributed by atoms with Gasteiger partial charge in [-0.2, -0.15) is 5.10 Å². The predicted molar refractivity (Wildman–Crippen MR) is 61.4 cm³/mol. The molecule has 1 aromatic rings. The van der Waals surface area contributed by atoms with Crippen molar-refractivity contribution in [2.75, 3.05) is 6.54 Å². The van der Waals surface area contributed by atoms with Gasteiger partial charge in [-0.25, -0.2) is 0 Å². The highest BCUT2D eigenvalue weighted by Gasteiger charge is 2.22. The average Bonchev–Trinajstić information content (AvgIpc) is 2.78. The fourth-order valence-electron chi connectivity index (χ4n) is 2.49. The molecule has 0 radical (unpaired) electrons. The van der Waals surface area contributed by atoms with Gasteiger partial charge in [0.2, 0.25) is 0 Å². The van der Waals surface area contributed by atoms with Crippen LogP contribution in [0.25, 0.3) is 0 Å². The maximum atomic E-state index is 4.16. The summed E-state index contributed by atoms with van der Waals surface area (Å²) in [6, 6.07) is 2.07. The van der Waals surface area contributed by atoms with Gasteiger partial charge in [-0.1, -0.05) is 19.8 Å². The molecule has 0 spiro atoms. The number of nitrogens with one attached hydrogen (secondary N) is 1. The normalized spacial score (nSPS) is 26.0. The zero-order valence-electron chi connectivity index (χ0n) is 9.74.